The van der Waals surface area contributed by atoms with Crippen LogP contribution in [-0.2, 0) is 4.79 Å². The minimum Gasteiger partial charge on any atom is -0.395 e. The van der Waals surface area contributed by atoms with E-state index in [1.165, 1.54) is 21.9 Å². The predicted octanol–water partition coefficient (Wildman–Crippen LogP) is -0.724. The maximum atomic E-state index is 11.9. The van der Waals surface area contributed by atoms with Crippen molar-refractivity contribution in [2.75, 3.05) is 25.0 Å². The van der Waals surface area contributed by atoms with Crippen molar-refractivity contribution in [3.63, 3.8) is 0 Å². The Balaban J connectivity index is 2.06. The number of nitrogens with zero attached hydrogens (tertiary/aromatic N) is 2. The Kier molecular flexibility index (Phi) is 3.90. The van der Waals surface area contributed by atoms with E-state index in [9.17, 15) is 9.59 Å². The van der Waals surface area contributed by atoms with Crippen LogP contribution >= 0.6 is 11.3 Å². The molecule has 8 heteroatoms. The lowest BCUT2D eigenvalue weighted by Crippen LogP contribution is -2.33. The molecule has 0 bridgehead atoms. The highest BCUT2D eigenvalue weighted by Gasteiger charge is 2.06. The summed E-state index contributed by atoms with van der Waals surface area (Å²) in [5, 5.41) is 15.5. The van der Waals surface area contributed by atoms with E-state index in [-0.39, 0.29) is 36.9 Å². The van der Waals surface area contributed by atoms with E-state index >= 15 is 0 Å². The van der Waals surface area contributed by atoms with Gasteiger partial charge in [-0.1, -0.05) is 0 Å². The monoisotopic (exact) mass is 268 g/mol. The van der Waals surface area contributed by atoms with E-state index in [1.54, 1.807) is 11.6 Å². The van der Waals surface area contributed by atoms with Crippen molar-refractivity contribution in [3.05, 3.63) is 28.1 Å². The number of thiazole rings is 1. The van der Waals surface area contributed by atoms with Crippen LogP contribution in [0.4, 0.5) is 5.69 Å². The van der Waals surface area contributed by atoms with Gasteiger partial charge in [0.1, 0.15) is 5.69 Å². The lowest BCUT2D eigenvalue weighted by molar-refractivity contribution is -0.119. The number of aliphatic hydroxyl groups is 1. The van der Waals surface area contributed by atoms with E-state index < -0.39 is 0 Å². The second-order valence-corrected chi connectivity index (χ2v) is 4.33. The molecule has 0 saturated heterocycles. The first-order valence-corrected chi connectivity index (χ1v) is 6.16. The molecule has 0 aliphatic heterocycles. The van der Waals surface area contributed by atoms with Crippen molar-refractivity contribution in [2.24, 2.45) is 0 Å². The third kappa shape index (κ3) is 2.66. The molecule has 0 saturated carbocycles. The highest BCUT2D eigenvalue weighted by Crippen LogP contribution is 2.07. The second kappa shape index (κ2) is 5.61. The van der Waals surface area contributed by atoms with Gasteiger partial charge in [0.05, 0.1) is 19.3 Å². The van der Waals surface area contributed by atoms with Gasteiger partial charge in [0.15, 0.2) is 4.96 Å². The van der Waals surface area contributed by atoms with Crippen molar-refractivity contribution < 1.29 is 9.90 Å². The fourth-order valence-corrected chi connectivity index (χ4v) is 2.05. The average molecular weight is 268 g/mol. The number of anilines is 1. The van der Waals surface area contributed by atoms with E-state index in [0.717, 1.165) is 0 Å². The summed E-state index contributed by atoms with van der Waals surface area (Å²) in [5.41, 5.74) is 0.0289. The normalized spacial score (nSPS) is 10.5. The summed E-state index contributed by atoms with van der Waals surface area (Å²) in [7, 11) is 0. The molecule has 0 aliphatic carbocycles. The van der Waals surface area contributed by atoms with Gasteiger partial charge in [0, 0.05) is 18.1 Å². The predicted molar refractivity (Wildman–Crippen MR) is 67.9 cm³/mol. The van der Waals surface area contributed by atoms with Crippen LogP contribution in [0.3, 0.4) is 0 Å². The van der Waals surface area contributed by atoms with Crippen LogP contribution in [0.25, 0.3) is 4.96 Å². The Labute approximate surface area is 106 Å². The quantitative estimate of drug-likeness (QED) is 0.665. The molecular formula is C10H12N4O3S. The topological polar surface area (TPSA) is 95.7 Å². The number of carbonyl (C=O) groups excluding carboxylic acids is 1. The second-order valence-electron chi connectivity index (χ2n) is 3.46. The lowest BCUT2D eigenvalue weighted by Gasteiger charge is -2.05. The summed E-state index contributed by atoms with van der Waals surface area (Å²) in [5.74, 6) is -0.293. The van der Waals surface area contributed by atoms with Crippen molar-refractivity contribution in [1.29, 1.82) is 0 Å². The maximum absolute atomic E-state index is 11.9. The summed E-state index contributed by atoms with van der Waals surface area (Å²) in [4.78, 5) is 27.9. The number of hydrogen-bond acceptors (Lipinski definition) is 6. The number of amides is 1. The molecule has 1 amide bonds. The van der Waals surface area contributed by atoms with Crippen molar-refractivity contribution >= 4 is 27.9 Å². The lowest BCUT2D eigenvalue weighted by atomic mass is 10.4. The van der Waals surface area contributed by atoms with Crippen molar-refractivity contribution in [2.45, 2.75) is 0 Å². The van der Waals surface area contributed by atoms with Gasteiger partial charge in [-0.2, -0.15) is 0 Å². The van der Waals surface area contributed by atoms with E-state index in [1.807, 2.05) is 0 Å². The maximum Gasteiger partial charge on any atom is 0.281 e. The SMILES string of the molecule is O=C(CNc1cnc2sccn2c1=O)NCCO. The molecule has 2 heterocycles. The highest BCUT2D eigenvalue weighted by molar-refractivity contribution is 7.15. The standard InChI is InChI=1S/C10H12N4O3S/c15-3-1-11-8(16)6-12-7-5-13-10-14(9(7)17)2-4-18-10/h2,4-5,12,15H,1,3,6H2,(H,11,16). The molecule has 2 aromatic rings. The summed E-state index contributed by atoms with van der Waals surface area (Å²) in [6.45, 7) is 0.0469. The molecule has 3 N–H and O–H groups in total. The summed E-state index contributed by atoms with van der Waals surface area (Å²) >= 11 is 1.36. The number of hydrogen-bond donors (Lipinski definition) is 3. The largest absolute Gasteiger partial charge is 0.395 e. The third-order valence-corrected chi connectivity index (χ3v) is 2.99. The molecular weight excluding hydrogens is 256 g/mol. The van der Waals surface area contributed by atoms with E-state index in [4.69, 9.17) is 5.11 Å². The van der Waals surface area contributed by atoms with Gasteiger partial charge in [0.2, 0.25) is 5.91 Å². The molecule has 0 aromatic carbocycles. The minimum atomic E-state index is -0.293. The molecule has 0 fully saturated rings. The summed E-state index contributed by atoms with van der Waals surface area (Å²) < 4.78 is 1.42. The van der Waals surface area contributed by atoms with Crippen LogP contribution in [0, 0.1) is 0 Å². The zero-order chi connectivity index (χ0) is 13.0. The minimum absolute atomic E-state index is 0.0346. The van der Waals surface area contributed by atoms with Gasteiger partial charge in [-0.05, 0) is 0 Å². The van der Waals surface area contributed by atoms with Gasteiger partial charge in [0.25, 0.3) is 5.56 Å². The van der Waals surface area contributed by atoms with Crippen LogP contribution in [0.15, 0.2) is 22.6 Å². The molecule has 0 radical (unpaired) electrons. The first-order valence-electron chi connectivity index (χ1n) is 5.28. The number of nitrogens with one attached hydrogen (secondary N) is 2. The zero-order valence-corrected chi connectivity index (χ0v) is 10.2. The molecule has 0 aliphatic rings. The van der Waals surface area contributed by atoms with Crippen molar-refractivity contribution in [3.8, 4) is 0 Å². The highest BCUT2D eigenvalue weighted by atomic mass is 32.1. The van der Waals surface area contributed by atoms with E-state index in [0.29, 0.717) is 4.96 Å². The average Bonchev–Trinajstić information content (AvgIpc) is 2.84. The zero-order valence-electron chi connectivity index (χ0n) is 9.42. The molecule has 2 rings (SSSR count). The molecule has 2 aromatic heterocycles. The fourth-order valence-electron chi connectivity index (χ4n) is 1.38. The van der Waals surface area contributed by atoms with Crippen LogP contribution in [-0.4, -0.2) is 40.1 Å². The van der Waals surface area contributed by atoms with Crippen LogP contribution in [0.2, 0.25) is 0 Å². The molecule has 0 unspecified atom stereocenters. The Morgan fingerprint density at radius 2 is 2.39 bits per heavy atom. The van der Waals surface area contributed by atoms with Gasteiger partial charge < -0.3 is 15.7 Å². The van der Waals surface area contributed by atoms with Gasteiger partial charge in [-0.3, -0.25) is 14.0 Å². The third-order valence-electron chi connectivity index (χ3n) is 2.22. The number of fused-ring (bicyclic) bond motifs is 1. The molecule has 96 valence electrons. The molecule has 0 atom stereocenters. The van der Waals surface area contributed by atoms with Crippen LogP contribution in [0.5, 0.6) is 0 Å². The first-order chi connectivity index (χ1) is 8.72. The Bertz CT molecular complexity index is 606. The van der Waals surface area contributed by atoms with E-state index in [2.05, 4.69) is 15.6 Å². The Morgan fingerprint density at radius 3 is 3.17 bits per heavy atom. The van der Waals surface area contributed by atoms with Gasteiger partial charge in [-0.25, -0.2) is 4.98 Å². The smallest absolute Gasteiger partial charge is 0.281 e. The Hall–Kier alpha value is -1.93. The fraction of sp³-hybridized carbons (Fsp3) is 0.300. The molecule has 0 spiro atoms. The molecule has 18 heavy (non-hydrogen) atoms. The first kappa shape index (κ1) is 12.5. The summed E-state index contributed by atoms with van der Waals surface area (Å²) in [6.07, 6.45) is 3.04. The Morgan fingerprint density at radius 1 is 1.56 bits per heavy atom. The number of rotatable bonds is 5. The number of carbonyl (C=O) groups is 1. The van der Waals surface area contributed by atoms with Crippen LogP contribution < -0.4 is 16.2 Å². The number of aromatic nitrogens is 2. The summed E-state index contributed by atoms with van der Waals surface area (Å²) in [6, 6.07) is 0. The number of aliphatic hydroxyl groups excluding tert-OH is 1. The van der Waals surface area contributed by atoms with Gasteiger partial charge in [-0.15, -0.1) is 11.3 Å². The molecule has 7 nitrogen and oxygen atoms in total. The van der Waals surface area contributed by atoms with Gasteiger partial charge >= 0.3 is 0 Å². The van der Waals surface area contributed by atoms with Crippen molar-refractivity contribution in [1.82, 2.24) is 14.7 Å². The van der Waals surface area contributed by atoms with Crippen LogP contribution in [0.1, 0.15) is 0 Å².